The van der Waals surface area contributed by atoms with Crippen molar-refractivity contribution in [1.29, 1.82) is 0 Å². The molecule has 3 nitrogen and oxygen atoms in total. The minimum Gasteiger partial charge on any atom is -0.302 e. The second-order valence-corrected chi connectivity index (χ2v) is 5.06. The van der Waals surface area contributed by atoms with Crippen molar-refractivity contribution >= 4 is 11.9 Å². The normalized spacial score (nSPS) is 17.4. The number of rotatable bonds is 2. The van der Waals surface area contributed by atoms with Gasteiger partial charge in [0.05, 0.1) is 0 Å². The maximum absolute atomic E-state index is 5.63. The van der Waals surface area contributed by atoms with Crippen LogP contribution in [0.2, 0.25) is 0 Å². The SMILES string of the molecule is CC(C)(C1=CNN(N)S1)c1ccccc1. The number of nitrogens with zero attached hydrogens (tertiary/aromatic N) is 1. The number of nitrogens with one attached hydrogen (secondary N) is 1. The highest BCUT2D eigenvalue weighted by molar-refractivity contribution is 8.01. The Hall–Kier alpha value is -0.970. The lowest BCUT2D eigenvalue weighted by Crippen LogP contribution is -2.30. The monoisotopic (exact) mass is 221 g/mol. The Kier molecular flexibility index (Phi) is 2.73. The predicted molar refractivity (Wildman–Crippen MR) is 64.3 cm³/mol. The molecule has 2 rings (SSSR count). The average Bonchev–Trinajstić information content (AvgIpc) is 2.67. The van der Waals surface area contributed by atoms with Crippen molar-refractivity contribution in [3.05, 3.63) is 47.0 Å². The van der Waals surface area contributed by atoms with Crippen molar-refractivity contribution in [2.75, 3.05) is 0 Å². The summed E-state index contributed by atoms with van der Waals surface area (Å²) in [5.74, 6) is 5.63. The van der Waals surface area contributed by atoms with Crippen LogP contribution in [-0.4, -0.2) is 4.52 Å². The standard InChI is InChI=1S/C11H15N3S/c1-11(2,9-6-4-3-5-7-9)10-8-13-14(12)15-10/h3-8,13H,12H2,1-2H3. The van der Waals surface area contributed by atoms with Crippen LogP contribution in [0.4, 0.5) is 0 Å². The van der Waals surface area contributed by atoms with Crippen LogP contribution < -0.4 is 11.3 Å². The van der Waals surface area contributed by atoms with Gasteiger partial charge in [0.2, 0.25) is 0 Å². The van der Waals surface area contributed by atoms with Gasteiger partial charge in [-0.2, -0.15) is 0 Å². The first-order valence-corrected chi connectivity index (χ1v) is 5.63. The van der Waals surface area contributed by atoms with E-state index >= 15 is 0 Å². The number of hydrogen-bond donors (Lipinski definition) is 2. The molecule has 1 aliphatic heterocycles. The molecule has 1 aliphatic rings. The van der Waals surface area contributed by atoms with Crippen molar-refractivity contribution in [2.24, 2.45) is 5.84 Å². The van der Waals surface area contributed by atoms with E-state index in [1.807, 2.05) is 12.3 Å². The third-order valence-corrected chi connectivity index (χ3v) is 3.76. The number of allylic oxidation sites excluding steroid dienone is 1. The number of hydrogen-bond acceptors (Lipinski definition) is 4. The van der Waals surface area contributed by atoms with Crippen LogP contribution in [0.3, 0.4) is 0 Å². The molecule has 0 atom stereocenters. The summed E-state index contributed by atoms with van der Waals surface area (Å²) in [6, 6.07) is 10.4. The fraction of sp³-hybridized carbons (Fsp3) is 0.273. The number of benzene rings is 1. The van der Waals surface area contributed by atoms with E-state index in [9.17, 15) is 0 Å². The lowest BCUT2D eigenvalue weighted by atomic mass is 9.84. The van der Waals surface area contributed by atoms with Crippen LogP contribution in [0.5, 0.6) is 0 Å². The van der Waals surface area contributed by atoms with E-state index in [0.717, 1.165) is 0 Å². The maximum atomic E-state index is 5.63. The Bertz CT molecular complexity index is 373. The number of hydrazine groups is 2. The van der Waals surface area contributed by atoms with Gasteiger partial charge in [0.15, 0.2) is 0 Å². The van der Waals surface area contributed by atoms with Gasteiger partial charge in [0.25, 0.3) is 0 Å². The summed E-state index contributed by atoms with van der Waals surface area (Å²) in [5, 5.41) is 0. The van der Waals surface area contributed by atoms with Crippen LogP contribution in [0.15, 0.2) is 41.4 Å². The summed E-state index contributed by atoms with van der Waals surface area (Å²) in [6.45, 7) is 4.39. The summed E-state index contributed by atoms with van der Waals surface area (Å²) in [4.78, 5) is 1.22. The molecule has 0 amide bonds. The van der Waals surface area contributed by atoms with Crippen molar-refractivity contribution in [1.82, 2.24) is 9.95 Å². The van der Waals surface area contributed by atoms with E-state index in [4.69, 9.17) is 5.84 Å². The molecule has 0 radical (unpaired) electrons. The third kappa shape index (κ3) is 2.02. The molecular formula is C11H15N3S. The van der Waals surface area contributed by atoms with Crippen LogP contribution in [-0.2, 0) is 5.41 Å². The molecule has 4 heteroatoms. The smallest absolute Gasteiger partial charge is 0.0309 e. The molecule has 0 aromatic heterocycles. The summed E-state index contributed by atoms with van der Waals surface area (Å²) in [7, 11) is 0. The van der Waals surface area contributed by atoms with Gasteiger partial charge in [-0.3, -0.25) is 0 Å². The molecule has 1 heterocycles. The lowest BCUT2D eigenvalue weighted by molar-refractivity contribution is 0.440. The quantitative estimate of drug-likeness (QED) is 0.593. The summed E-state index contributed by atoms with van der Waals surface area (Å²) in [5.41, 5.74) is 4.24. The Balaban J connectivity index is 2.28. The van der Waals surface area contributed by atoms with E-state index < -0.39 is 0 Å². The lowest BCUT2D eigenvalue weighted by Gasteiger charge is -2.25. The Morgan fingerprint density at radius 2 is 1.93 bits per heavy atom. The van der Waals surface area contributed by atoms with E-state index in [1.165, 1.54) is 26.9 Å². The zero-order valence-corrected chi connectivity index (χ0v) is 9.71. The predicted octanol–water partition coefficient (Wildman–Crippen LogP) is 2.15. The number of nitrogens with two attached hydrogens (primary N) is 1. The Morgan fingerprint density at radius 1 is 1.27 bits per heavy atom. The van der Waals surface area contributed by atoms with Gasteiger partial charge in [-0.05, 0) is 17.5 Å². The van der Waals surface area contributed by atoms with Crippen molar-refractivity contribution in [3.63, 3.8) is 0 Å². The molecule has 3 N–H and O–H groups in total. The van der Waals surface area contributed by atoms with Gasteiger partial charge in [0, 0.05) is 16.5 Å². The molecule has 0 saturated carbocycles. The molecule has 80 valence electrons. The van der Waals surface area contributed by atoms with E-state index in [2.05, 4.69) is 43.5 Å². The van der Waals surface area contributed by atoms with Crippen molar-refractivity contribution in [2.45, 2.75) is 19.3 Å². The average molecular weight is 221 g/mol. The fourth-order valence-electron chi connectivity index (χ4n) is 1.57. The molecule has 0 aliphatic carbocycles. The Morgan fingerprint density at radius 3 is 2.47 bits per heavy atom. The van der Waals surface area contributed by atoms with Gasteiger partial charge in [-0.15, -0.1) is 0 Å². The van der Waals surface area contributed by atoms with Crippen LogP contribution >= 0.6 is 11.9 Å². The molecule has 0 fully saturated rings. The highest BCUT2D eigenvalue weighted by Crippen LogP contribution is 2.40. The summed E-state index contributed by atoms with van der Waals surface area (Å²) >= 11 is 1.53. The first-order valence-electron chi connectivity index (χ1n) is 4.86. The third-order valence-electron chi connectivity index (χ3n) is 2.63. The van der Waals surface area contributed by atoms with Crippen molar-refractivity contribution in [3.8, 4) is 0 Å². The Labute approximate surface area is 94.4 Å². The zero-order chi connectivity index (χ0) is 10.9. The molecule has 1 aromatic carbocycles. The highest BCUT2D eigenvalue weighted by Gasteiger charge is 2.30. The van der Waals surface area contributed by atoms with Gasteiger partial charge in [-0.1, -0.05) is 48.7 Å². The highest BCUT2D eigenvalue weighted by atomic mass is 32.2. The van der Waals surface area contributed by atoms with Gasteiger partial charge in [0.1, 0.15) is 0 Å². The first kappa shape index (κ1) is 10.5. The molecule has 0 unspecified atom stereocenters. The largest absolute Gasteiger partial charge is 0.302 e. The van der Waals surface area contributed by atoms with E-state index in [0.29, 0.717) is 0 Å². The fourth-order valence-corrected chi connectivity index (χ4v) is 2.34. The first-order chi connectivity index (χ1) is 7.10. The molecule has 15 heavy (non-hydrogen) atoms. The van der Waals surface area contributed by atoms with Crippen LogP contribution in [0.25, 0.3) is 0 Å². The molecule has 0 spiro atoms. The van der Waals surface area contributed by atoms with Crippen molar-refractivity contribution < 1.29 is 0 Å². The summed E-state index contributed by atoms with van der Waals surface area (Å²) in [6.07, 6.45) is 1.96. The van der Waals surface area contributed by atoms with Gasteiger partial charge in [-0.25, -0.2) is 5.84 Å². The maximum Gasteiger partial charge on any atom is 0.0309 e. The van der Waals surface area contributed by atoms with Gasteiger partial charge >= 0.3 is 0 Å². The minimum absolute atomic E-state index is 0.00690. The van der Waals surface area contributed by atoms with E-state index in [-0.39, 0.29) is 5.41 Å². The molecular weight excluding hydrogens is 206 g/mol. The summed E-state index contributed by atoms with van der Waals surface area (Å²) < 4.78 is 1.51. The topological polar surface area (TPSA) is 41.3 Å². The van der Waals surface area contributed by atoms with E-state index in [1.54, 1.807) is 0 Å². The van der Waals surface area contributed by atoms with Crippen LogP contribution in [0.1, 0.15) is 19.4 Å². The molecule has 0 saturated heterocycles. The zero-order valence-electron chi connectivity index (χ0n) is 8.90. The molecule has 0 bridgehead atoms. The van der Waals surface area contributed by atoms with Crippen LogP contribution in [0, 0.1) is 0 Å². The minimum atomic E-state index is -0.00690. The molecule has 1 aromatic rings. The second kappa shape index (κ2) is 3.89. The van der Waals surface area contributed by atoms with Gasteiger partial charge < -0.3 is 5.43 Å². The second-order valence-electron chi connectivity index (χ2n) is 4.05.